The molecule has 5 heteroatoms. The average Bonchev–Trinajstić information content (AvgIpc) is 2.51. The van der Waals surface area contributed by atoms with Crippen molar-refractivity contribution in [1.82, 2.24) is 9.55 Å². The zero-order valence-electron chi connectivity index (χ0n) is 6.94. The van der Waals surface area contributed by atoms with Gasteiger partial charge in [0.15, 0.2) is 0 Å². The Kier molecular flexibility index (Phi) is 2.68. The van der Waals surface area contributed by atoms with Crippen LogP contribution in [0.15, 0.2) is 17.7 Å². The molecule has 0 aliphatic carbocycles. The van der Waals surface area contributed by atoms with Crippen LogP contribution in [0.3, 0.4) is 0 Å². The Bertz CT molecular complexity index is 279. The Labute approximate surface area is 70.5 Å². The van der Waals surface area contributed by atoms with Crippen molar-refractivity contribution in [1.29, 1.82) is 0 Å². The van der Waals surface area contributed by atoms with Crippen molar-refractivity contribution < 1.29 is 5.21 Å². The molecular formula is C7H12N4O. The Morgan fingerprint density at radius 2 is 2.58 bits per heavy atom. The third-order valence-corrected chi connectivity index (χ3v) is 1.63. The van der Waals surface area contributed by atoms with Gasteiger partial charge in [0, 0.05) is 18.4 Å². The number of hydrogen-bond acceptors (Lipinski definition) is 3. The lowest BCUT2D eigenvalue weighted by Gasteiger charge is -2.02. The molecule has 0 aromatic carbocycles. The third kappa shape index (κ3) is 1.75. The fourth-order valence-electron chi connectivity index (χ4n) is 1.00. The van der Waals surface area contributed by atoms with Crippen molar-refractivity contribution in [3.63, 3.8) is 0 Å². The van der Waals surface area contributed by atoms with E-state index in [0.717, 1.165) is 12.2 Å². The summed E-state index contributed by atoms with van der Waals surface area (Å²) in [5.41, 5.74) is 6.30. The van der Waals surface area contributed by atoms with Crippen LogP contribution in [0.4, 0.5) is 0 Å². The number of nitrogens with two attached hydrogens (primary N) is 1. The highest BCUT2D eigenvalue weighted by Crippen LogP contribution is 1.99. The molecule has 0 saturated heterocycles. The molecule has 3 N–H and O–H groups in total. The normalized spacial score (nSPS) is 11.9. The molecule has 0 radical (unpaired) electrons. The lowest BCUT2D eigenvalue weighted by atomic mass is 10.3. The van der Waals surface area contributed by atoms with Gasteiger partial charge in [0.25, 0.3) is 0 Å². The standard InChI is InChI=1S/C7H12N4O/c1-2-11-5-9-4-6(11)3-7(8)10-12/h4-5,12H,2-3H2,1H3,(H2,8,10). The van der Waals surface area contributed by atoms with E-state index < -0.39 is 0 Å². The van der Waals surface area contributed by atoms with Crippen molar-refractivity contribution >= 4 is 5.84 Å². The first-order valence-corrected chi connectivity index (χ1v) is 3.73. The molecular weight excluding hydrogens is 156 g/mol. The molecule has 0 atom stereocenters. The number of rotatable bonds is 3. The van der Waals surface area contributed by atoms with Gasteiger partial charge in [0.2, 0.25) is 0 Å². The number of imidazole rings is 1. The van der Waals surface area contributed by atoms with Gasteiger partial charge in [-0.25, -0.2) is 4.98 Å². The van der Waals surface area contributed by atoms with E-state index >= 15 is 0 Å². The molecule has 0 saturated carbocycles. The van der Waals surface area contributed by atoms with E-state index in [1.54, 1.807) is 12.5 Å². The van der Waals surface area contributed by atoms with Crippen LogP contribution in [0, 0.1) is 0 Å². The van der Waals surface area contributed by atoms with Crippen molar-refractivity contribution in [2.24, 2.45) is 10.9 Å². The van der Waals surface area contributed by atoms with Gasteiger partial charge < -0.3 is 15.5 Å². The minimum Gasteiger partial charge on any atom is -0.409 e. The van der Waals surface area contributed by atoms with Gasteiger partial charge in [0.05, 0.1) is 12.7 Å². The maximum absolute atomic E-state index is 8.33. The Morgan fingerprint density at radius 1 is 1.83 bits per heavy atom. The van der Waals surface area contributed by atoms with E-state index in [-0.39, 0.29) is 5.84 Å². The number of amidine groups is 1. The predicted molar refractivity (Wildman–Crippen MR) is 45.0 cm³/mol. The molecule has 1 aromatic rings. The maximum atomic E-state index is 8.33. The van der Waals surface area contributed by atoms with Crippen LogP contribution >= 0.6 is 0 Å². The van der Waals surface area contributed by atoms with Crippen molar-refractivity contribution in [3.05, 3.63) is 18.2 Å². The lowest BCUT2D eigenvalue weighted by Crippen LogP contribution is -2.16. The Hall–Kier alpha value is -1.52. The minimum absolute atomic E-state index is 0.199. The molecule has 0 spiro atoms. The van der Waals surface area contributed by atoms with Crippen molar-refractivity contribution in [3.8, 4) is 0 Å². The summed E-state index contributed by atoms with van der Waals surface area (Å²) in [7, 11) is 0. The first-order chi connectivity index (χ1) is 5.77. The van der Waals surface area contributed by atoms with Crippen molar-refractivity contribution in [2.45, 2.75) is 19.9 Å². The van der Waals surface area contributed by atoms with Crippen LogP contribution in [-0.4, -0.2) is 20.6 Å². The van der Waals surface area contributed by atoms with E-state index in [0.29, 0.717) is 6.42 Å². The van der Waals surface area contributed by atoms with Gasteiger partial charge in [-0.2, -0.15) is 0 Å². The van der Waals surface area contributed by atoms with E-state index in [4.69, 9.17) is 10.9 Å². The average molecular weight is 168 g/mol. The second-order valence-corrected chi connectivity index (χ2v) is 2.44. The molecule has 0 fully saturated rings. The Morgan fingerprint density at radius 3 is 3.17 bits per heavy atom. The van der Waals surface area contributed by atoms with E-state index in [1.165, 1.54) is 0 Å². The van der Waals surface area contributed by atoms with E-state index in [9.17, 15) is 0 Å². The van der Waals surface area contributed by atoms with Gasteiger partial charge in [-0.1, -0.05) is 5.16 Å². The van der Waals surface area contributed by atoms with Crippen LogP contribution in [0.1, 0.15) is 12.6 Å². The zero-order chi connectivity index (χ0) is 8.97. The smallest absolute Gasteiger partial charge is 0.145 e. The summed E-state index contributed by atoms with van der Waals surface area (Å²) in [4.78, 5) is 3.95. The number of nitrogens with zero attached hydrogens (tertiary/aromatic N) is 3. The summed E-state index contributed by atoms with van der Waals surface area (Å²) in [6, 6.07) is 0. The first kappa shape index (κ1) is 8.58. The predicted octanol–water partition coefficient (Wildman–Crippen LogP) is 0.192. The molecule has 1 rings (SSSR count). The second-order valence-electron chi connectivity index (χ2n) is 2.44. The van der Waals surface area contributed by atoms with Gasteiger partial charge in [0.1, 0.15) is 5.84 Å². The SMILES string of the molecule is CCn1cncc1C/C(N)=N/O. The number of hydrogen-bond donors (Lipinski definition) is 2. The minimum atomic E-state index is 0.199. The summed E-state index contributed by atoms with van der Waals surface area (Å²) >= 11 is 0. The van der Waals surface area contributed by atoms with Crippen molar-refractivity contribution in [2.75, 3.05) is 0 Å². The lowest BCUT2D eigenvalue weighted by molar-refractivity contribution is 0.317. The summed E-state index contributed by atoms with van der Waals surface area (Å²) in [5.74, 6) is 0.199. The third-order valence-electron chi connectivity index (χ3n) is 1.63. The number of aryl methyl sites for hydroxylation is 1. The molecule has 5 nitrogen and oxygen atoms in total. The first-order valence-electron chi connectivity index (χ1n) is 3.73. The molecule has 0 aliphatic rings. The summed E-state index contributed by atoms with van der Waals surface area (Å²) in [6.45, 7) is 2.85. The summed E-state index contributed by atoms with van der Waals surface area (Å²) < 4.78 is 1.94. The molecule has 66 valence electrons. The highest BCUT2D eigenvalue weighted by molar-refractivity contribution is 5.81. The van der Waals surface area contributed by atoms with Crippen LogP contribution in [0.5, 0.6) is 0 Å². The van der Waals surface area contributed by atoms with Crippen LogP contribution in [0.25, 0.3) is 0 Å². The second kappa shape index (κ2) is 3.75. The summed E-state index contributed by atoms with van der Waals surface area (Å²) in [6.07, 6.45) is 3.87. The highest BCUT2D eigenvalue weighted by Gasteiger charge is 2.02. The summed E-state index contributed by atoms with van der Waals surface area (Å²) in [5, 5.41) is 11.2. The number of oxime groups is 1. The van der Waals surface area contributed by atoms with E-state index in [1.807, 2.05) is 11.5 Å². The van der Waals surface area contributed by atoms with Gasteiger partial charge in [-0.05, 0) is 6.92 Å². The van der Waals surface area contributed by atoms with Gasteiger partial charge in [-0.15, -0.1) is 0 Å². The van der Waals surface area contributed by atoms with Crippen LogP contribution < -0.4 is 5.73 Å². The van der Waals surface area contributed by atoms with E-state index in [2.05, 4.69) is 10.1 Å². The van der Waals surface area contributed by atoms with Gasteiger partial charge >= 0.3 is 0 Å². The molecule has 0 aliphatic heterocycles. The van der Waals surface area contributed by atoms with Crippen LogP contribution in [0.2, 0.25) is 0 Å². The molecule has 12 heavy (non-hydrogen) atoms. The molecule has 0 bridgehead atoms. The molecule has 1 aromatic heterocycles. The molecule has 0 unspecified atom stereocenters. The topological polar surface area (TPSA) is 76.4 Å². The maximum Gasteiger partial charge on any atom is 0.145 e. The fourth-order valence-corrected chi connectivity index (χ4v) is 1.00. The van der Waals surface area contributed by atoms with Gasteiger partial charge in [-0.3, -0.25) is 0 Å². The largest absolute Gasteiger partial charge is 0.409 e. The monoisotopic (exact) mass is 168 g/mol. The number of aromatic nitrogens is 2. The fraction of sp³-hybridized carbons (Fsp3) is 0.429. The molecule has 1 heterocycles. The Balaban J connectivity index is 2.74. The van der Waals surface area contributed by atoms with Crippen LogP contribution in [-0.2, 0) is 13.0 Å². The zero-order valence-corrected chi connectivity index (χ0v) is 6.94. The molecule has 0 amide bonds. The highest BCUT2D eigenvalue weighted by atomic mass is 16.4. The quantitative estimate of drug-likeness (QED) is 0.293.